The molecule has 178 valence electrons. The standard InChI is InChI=1S/C25H31F2N3O3/c1-17(2)23(31)16-29(13-14-32-4)15-21-18(3)28-30(20-11-9-19(26)10-12-20)25(21)33-24-8-6-5-7-22(24)27/h5-12,17,23,31H,13-16H2,1-4H3/t23-/m0/s1. The van der Waals surface area contributed by atoms with E-state index in [1.807, 2.05) is 20.8 Å². The van der Waals surface area contributed by atoms with Crippen LogP contribution in [-0.4, -0.2) is 52.7 Å². The first-order valence-electron chi connectivity index (χ1n) is 11.0. The lowest BCUT2D eigenvalue weighted by atomic mass is 10.1. The Hall–Kier alpha value is -2.81. The van der Waals surface area contributed by atoms with Gasteiger partial charge in [-0.25, -0.2) is 13.5 Å². The van der Waals surface area contributed by atoms with E-state index in [-0.39, 0.29) is 17.5 Å². The molecule has 0 unspecified atom stereocenters. The third-order valence-corrected chi connectivity index (χ3v) is 5.46. The number of para-hydroxylation sites is 1. The van der Waals surface area contributed by atoms with Crippen LogP contribution in [-0.2, 0) is 11.3 Å². The Bertz CT molecular complexity index is 1040. The van der Waals surface area contributed by atoms with Crippen molar-refractivity contribution in [1.29, 1.82) is 0 Å². The van der Waals surface area contributed by atoms with Gasteiger partial charge in [-0.1, -0.05) is 26.0 Å². The maximum absolute atomic E-state index is 14.4. The van der Waals surface area contributed by atoms with Crippen LogP contribution in [0.15, 0.2) is 48.5 Å². The summed E-state index contributed by atoms with van der Waals surface area (Å²) >= 11 is 0. The van der Waals surface area contributed by atoms with E-state index in [9.17, 15) is 13.9 Å². The molecule has 0 saturated carbocycles. The number of hydrogen-bond donors (Lipinski definition) is 1. The Morgan fingerprint density at radius 3 is 2.42 bits per heavy atom. The van der Waals surface area contributed by atoms with Gasteiger partial charge in [-0.05, 0) is 49.2 Å². The number of benzene rings is 2. The van der Waals surface area contributed by atoms with E-state index in [0.717, 1.165) is 5.56 Å². The second-order valence-corrected chi connectivity index (χ2v) is 8.33. The molecule has 0 radical (unpaired) electrons. The van der Waals surface area contributed by atoms with Crippen LogP contribution < -0.4 is 4.74 Å². The van der Waals surface area contributed by atoms with Gasteiger partial charge in [0.05, 0.1) is 29.7 Å². The van der Waals surface area contributed by atoms with Crippen LogP contribution >= 0.6 is 0 Å². The van der Waals surface area contributed by atoms with E-state index < -0.39 is 11.9 Å². The van der Waals surface area contributed by atoms with Gasteiger partial charge in [0.25, 0.3) is 0 Å². The van der Waals surface area contributed by atoms with Gasteiger partial charge in [0.2, 0.25) is 5.88 Å². The molecule has 1 atom stereocenters. The van der Waals surface area contributed by atoms with Gasteiger partial charge in [-0.15, -0.1) is 0 Å². The van der Waals surface area contributed by atoms with E-state index in [4.69, 9.17) is 9.47 Å². The Kier molecular flexibility index (Phi) is 8.55. The molecular weight excluding hydrogens is 428 g/mol. The predicted octanol–water partition coefficient (Wildman–Crippen LogP) is 4.72. The second-order valence-electron chi connectivity index (χ2n) is 8.33. The molecule has 0 spiro atoms. The molecule has 3 rings (SSSR count). The minimum Gasteiger partial charge on any atom is -0.435 e. The smallest absolute Gasteiger partial charge is 0.227 e. The number of hydrogen-bond acceptors (Lipinski definition) is 5. The predicted molar refractivity (Wildman–Crippen MR) is 123 cm³/mol. The number of methoxy groups -OCH3 is 1. The molecule has 33 heavy (non-hydrogen) atoms. The van der Waals surface area contributed by atoms with Crippen molar-refractivity contribution in [3.63, 3.8) is 0 Å². The summed E-state index contributed by atoms with van der Waals surface area (Å²) in [6.45, 7) is 7.68. The third kappa shape index (κ3) is 6.37. The largest absolute Gasteiger partial charge is 0.435 e. The van der Waals surface area contributed by atoms with Crippen molar-refractivity contribution < 1.29 is 23.4 Å². The lowest BCUT2D eigenvalue weighted by Gasteiger charge is -2.26. The molecule has 0 bridgehead atoms. The molecule has 0 fully saturated rings. The Labute approximate surface area is 193 Å². The Morgan fingerprint density at radius 1 is 1.09 bits per heavy atom. The first-order valence-corrected chi connectivity index (χ1v) is 11.0. The molecule has 0 aliphatic carbocycles. The van der Waals surface area contributed by atoms with Crippen molar-refractivity contribution in [2.24, 2.45) is 5.92 Å². The molecule has 0 aliphatic heterocycles. The van der Waals surface area contributed by atoms with Gasteiger partial charge in [0, 0.05) is 26.7 Å². The highest BCUT2D eigenvalue weighted by atomic mass is 19.1. The molecule has 0 amide bonds. The first kappa shape index (κ1) is 24.8. The highest BCUT2D eigenvalue weighted by Gasteiger charge is 2.24. The summed E-state index contributed by atoms with van der Waals surface area (Å²) in [6.07, 6.45) is -0.523. The fraction of sp³-hybridized carbons (Fsp3) is 0.400. The van der Waals surface area contributed by atoms with Crippen molar-refractivity contribution in [1.82, 2.24) is 14.7 Å². The zero-order valence-corrected chi connectivity index (χ0v) is 19.5. The van der Waals surface area contributed by atoms with Gasteiger partial charge in [-0.3, -0.25) is 4.90 Å². The van der Waals surface area contributed by atoms with Crippen molar-refractivity contribution in [2.45, 2.75) is 33.4 Å². The number of rotatable bonds is 11. The van der Waals surface area contributed by atoms with Crippen LogP contribution in [0.5, 0.6) is 11.6 Å². The van der Waals surface area contributed by atoms with Gasteiger partial charge in [-0.2, -0.15) is 5.10 Å². The summed E-state index contributed by atoms with van der Waals surface area (Å²) in [6, 6.07) is 12.0. The number of aliphatic hydroxyl groups excluding tert-OH is 1. The van der Waals surface area contributed by atoms with E-state index in [0.29, 0.717) is 43.5 Å². The molecule has 6 nitrogen and oxygen atoms in total. The maximum Gasteiger partial charge on any atom is 0.227 e. The number of halogens is 2. The fourth-order valence-electron chi connectivity index (χ4n) is 3.37. The lowest BCUT2D eigenvalue weighted by Crippen LogP contribution is -2.36. The highest BCUT2D eigenvalue weighted by molar-refractivity contribution is 5.43. The number of aromatic nitrogens is 2. The number of aliphatic hydroxyl groups is 1. The van der Waals surface area contributed by atoms with Gasteiger partial charge >= 0.3 is 0 Å². The molecule has 0 saturated heterocycles. The highest BCUT2D eigenvalue weighted by Crippen LogP contribution is 2.33. The van der Waals surface area contributed by atoms with Crippen LogP contribution in [0.25, 0.3) is 5.69 Å². The van der Waals surface area contributed by atoms with Crippen LogP contribution in [0.4, 0.5) is 8.78 Å². The van der Waals surface area contributed by atoms with Gasteiger partial charge < -0.3 is 14.6 Å². The zero-order valence-electron chi connectivity index (χ0n) is 19.5. The summed E-state index contributed by atoms with van der Waals surface area (Å²) in [5, 5.41) is 15.1. The average molecular weight is 460 g/mol. The molecule has 2 aromatic carbocycles. The SMILES string of the molecule is COCCN(Cc1c(C)nn(-c2ccc(F)cc2)c1Oc1ccccc1F)C[C@H](O)C(C)C. The number of nitrogens with zero attached hydrogens (tertiary/aromatic N) is 3. The summed E-state index contributed by atoms with van der Waals surface area (Å²) in [5.41, 5.74) is 2.02. The second kappa shape index (κ2) is 11.4. The first-order chi connectivity index (χ1) is 15.8. The van der Waals surface area contributed by atoms with Gasteiger partial charge in [0.1, 0.15) is 5.82 Å². The van der Waals surface area contributed by atoms with Crippen molar-refractivity contribution in [3.8, 4) is 17.3 Å². The Morgan fingerprint density at radius 2 is 1.79 bits per heavy atom. The van der Waals surface area contributed by atoms with Crippen molar-refractivity contribution in [3.05, 3.63) is 71.4 Å². The lowest BCUT2D eigenvalue weighted by molar-refractivity contribution is 0.0588. The Balaban J connectivity index is 2.03. The minimum absolute atomic E-state index is 0.0627. The van der Waals surface area contributed by atoms with Crippen LogP contribution in [0.1, 0.15) is 25.1 Å². The van der Waals surface area contributed by atoms with E-state index in [2.05, 4.69) is 10.00 Å². The van der Waals surface area contributed by atoms with E-state index in [1.165, 1.54) is 18.2 Å². The molecule has 0 aliphatic rings. The molecule has 1 heterocycles. The molecule has 3 aromatic rings. The summed E-state index contributed by atoms with van der Waals surface area (Å²) in [5.74, 6) is -0.377. The summed E-state index contributed by atoms with van der Waals surface area (Å²) in [4.78, 5) is 2.06. The molecular formula is C25H31F2N3O3. The quantitative estimate of drug-likeness (QED) is 0.450. The number of ether oxygens (including phenoxy) is 2. The molecule has 1 N–H and O–H groups in total. The van der Waals surface area contributed by atoms with Crippen molar-refractivity contribution in [2.75, 3.05) is 26.8 Å². The summed E-state index contributed by atoms with van der Waals surface area (Å²) in [7, 11) is 1.63. The van der Waals surface area contributed by atoms with Crippen LogP contribution in [0.2, 0.25) is 0 Å². The fourth-order valence-corrected chi connectivity index (χ4v) is 3.37. The monoisotopic (exact) mass is 459 g/mol. The topological polar surface area (TPSA) is 59.8 Å². The minimum atomic E-state index is -0.523. The average Bonchev–Trinajstić information content (AvgIpc) is 3.09. The summed E-state index contributed by atoms with van der Waals surface area (Å²) < 4.78 is 40.8. The van der Waals surface area contributed by atoms with Crippen LogP contribution in [0, 0.1) is 24.5 Å². The molecule has 8 heteroatoms. The maximum atomic E-state index is 14.4. The zero-order chi connectivity index (χ0) is 24.0. The number of aryl methyl sites for hydroxylation is 1. The van der Waals surface area contributed by atoms with Crippen LogP contribution in [0.3, 0.4) is 0 Å². The van der Waals surface area contributed by atoms with Gasteiger partial charge in [0.15, 0.2) is 11.6 Å². The normalized spacial score (nSPS) is 12.5. The van der Waals surface area contributed by atoms with Crippen molar-refractivity contribution >= 4 is 0 Å². The van der Waals surface area contributed by atoms with E-state index >= 15 is 0 Å². The third-order valence-electron chi connectivity index (χ3n) is 5.46. The van der Waals surface area contributed by atoms with E-state index in [1.54, 1.807) is 42.1 Å². The molecule has 1 aromatic heterocycles.